The number of aryl methyl sites for hydroxylation is 1. The van der Waals surface area contributed by atoms with Crippen molar-refractivity contribution in [3.05, 3.63) is 49.8 Å². The lowest BCUT2D eigenvalue weighted by molar-refractivity contribution is 0.0526. The van der Waals surface area contributed by atoms with Gasteiger partial charge in [0.05, 0.1) is 22.8 Å². The Morgan fingerprint density at radius 1 is 1.24 bits per heavy atom. The number of hydrogen-bond acceptors (Lipinski definition) is 4. The zero-order valence-corrected chi connectivity index (χ0v) is 16.0. The van der Waals surface area contributed by atoms with E-state index >= 15 is 0 Å². The molecule has 0 fully saturated rings. The number of fused-ring (bicyclic) bond motifs is 1. The third-order valence-corrected chi connectivity index (χ3v) is 5.82. The minimum Gasteiger partial charge on any atom is -0.462 e. The molecule has 0 bridgehead atoms. The predicted molar refractivity (Wildman–Crippen MR) is 101 cm³/mol. The van der Waals surface area contributed by atoms with Crippen molar-refractivity contribution in [1.29, 1.82) is 0 Å². The Labute approximate surface area is 160 Å². The average molecular weight is 398 g/mol. The molecule has 0 atom stereocenters. The maximum Gasteiger partial charge on any atom is 0.341 e. The first-order chi connectivity index (χ1) is 12.0. The maximum atomic E-state index is 12.6. The number of carbonyl (C=O) groups is 2. The Balaban J connectivity index is 1.96. The summed E-state index contributed by atoms with van der Waals surface area (Å²) in [7, 11) is 0. The van der Waals surface area contributed by atoms with E-state index in [1.165, 1.54) is 17.4 Å². The number of halogens is 2. The molecule has 1 heterocycles. The van der Waals surface area contributed by atoms with Gasteiger partial charge in [-0.3, -0.25) is 4.79 Å². The summed E-state index contributed by atoms with van der Waals surface area (Å²) >= 11 is 13.5. The van der Waals surface area contributed by atoms with Crippen molar-refractivity contribution >= 4 is 51.4 Å². The molecule has 1 aliphatic rings. The molecule has 1 aromatic heterocycles. The van der Waals surface area contributed by atoms with Crippen LogP contribution in [0.3, 0.4) is 0 Å². The molecular formula is C18H17Cl2NO3S. The highest BCUT2D eigenvalue weighted by atomic mass is 35.5. The van der Waals surface area contributed by atoms with Crippen LogP contribution in [0.1, 0.15) is 50.9 Å². The van der Waals surface area contributed by atoms with Gasteiger partial charge in [-0.25, -0.2) is 4.79 Å². The molecule has 1 amide bonds. The van der Waals surface area contributed by atoms with Crippen LogP contribution in [0.5, 0.6) is 0 Å². The van der Waals surface area contributed by atoms with E-state index in [9.17, 15) is 9.59 Å². The number of esters is 1. The minimum atomic E-state index is -0.394. The molecule has 0 saturated heterocycles. The van der Waals surface area contributed by atoms with Gasteiger partial charge in [0.15, 0.2) is 0 Å². The van der Waals surface area contributed by atoms with Gasteiger partial charge in [0.1, 0.15) is 5.00 Å². The lowest BCUT2D eigenvalue weighted by Gasteiger charge is -2.12. The molecule has 0 radical (unpaired) electrons. The van der Waals surface area contributed by atoms with E-state index in [0.29, 0.717) is 20.6 Å². The van der Waals surface area contributed by atoms with E-state index in [4.69, 9.17) is 27.9 Å². The van der Waals surface area contributed by atoms with Crippen molar-refractivity contribution < 1.29 is 14.3 Å². The highest BCUT2D eigenvalue weighted by molar-refractivity contribution is 7.17. The van der Waals surface area contributed by atoms with Crippen LogP contribution in [0.4, 0.5) is 5.00 Å². The van der Waals surface area contributed by atoms with E-state index < -0.39 is 11.9 Å². The summed E-state index contributed by atoms with van der Waals surface area (Å²) in [5, 5.41) is 4.08. The van der Waals surface area contributed by atoms with Crippen LogP contribution in [0.15, 0.2) is 18.2 Å². The van der Waals surface area contributed by atoms with Gasteiger partial charge in [-0.2, -0.15) is 0 Å². The number of ether oxygens (including phenoxy) is 1. The van der Waals surface area contributed by atoms with Gasteiger partial charge in [-0.15, -0.1) is 11.3 Å². The van der Waals surface area contributed by atoms with Crippen molar-refractivity contribution in [2.75, 3.05) is 11.9 Å². The number of anilines is 1. The van der Waals surface area contributed by atoms with Crippen molar-refractivity contribution in [3.8, 4) is 0 Å². The molecule has 0 aliphatic heterocycles. The second kappa shape index (κ2) is 7.77. The summed E-state index contributed by atoms with van der Waals surface area (Å²) in [4.78, 5) is 26.2. The van der Waals surface area contributed by atoms with Crippen molar-refractivity contribution in [2.45, 2.75) is 32.6 Å². The molecule has 3 rings (SSSR count). The van der Waals surface area contributed by atoms with Gasteiger partial charge < -0.3 is 10.1 Å². The number of benzene rings is 1. The van der Waals surface area contributed by atoms with Crippen molar-refractivity contribution in [3.63, 3.8) is 0 Å². The lowest BCUT2D eigenvalue weighted by atomic mass is 9.95. The molecule has 0 spiro atoms. The molecule has 7 heteroatoms. The SMILES string of the molecule is CCOC(=O)c1c(NC(=O)c2cc(Cl)ccc2Cl)sc2c1CCCC2. The summed E-state index contributed by atoms with van der Waals surface area (Å²) in [6.07, 6.45) is 3.86. The molecule has 1 N–H and O–H groups in total. The molecule has 2 aromatic rings. The summed E-state index contributed by atoms with van der Waals surface area (Å²) in [6.45, 7) is 2.05. The third kappa shape index (κ3) is 3.84. The first kappa shape index (κ1) is 18.2. The van der Waals surface area contributed by atoms with Gasteiger partial charge in [-0.1, -0.05) is 23.2 Å². The van der Waals surface area contributed by atoms with E-state index in [-0.39, 0.29) is 12.2 Å². The number of rotatable bonds is 4. The summed E-state index contributed by atoms with van der Waals surface area (Å²) < 4.78 is 5.19. The second-order valence-corrected chi connectivity index (χ2v) is 7.66. The molecule has 1 aromatic carbocycles. The lowest BCUT2D eigenvalue weighted by Crippen LogP contribution is -2.16. The molecule has 25 heavy (non-hydrogen) atoms. The van der Waals surface area contributed by atoms with Crippen LogP contribution in [-0.2, 0) is 17.6 Å². The van der Waals surface area contributed by atoms with E-state index in [2.05, 4.69) is 5.32 Å². The average Bonchev–Trinajstić information content (AvgIpc) is 2.95. The third-order valence-electron chi connectivity index (χ3n) is 4.05. The number of nitrogens with one attached hydrogen (secondary N) is 1. The molecule has 4 nitrogen and oxygen atoms in total. The first-order valence-corrected chi connectivity index (χ1v) is 9.66. The van der Waals surface area contributed by atoms with Crippen LogP contribution >= 0.6 is 34.5 Å². The largest absolute Gasteiger partial charge is 0.462 e. The first-order valence-electron chi connectivity index (χ1n) is 8.09. The summed E-state index contributed by atoms with van der Waals surface area (Å²) in [5.74, 6) is -0.786. The van der Waals surface area contributed by atoms with Gasteiger partial charge in [0.2, 0.25) is 0 Å². The number of carbonyl (C=O) groups excluding carboxylic acids is 2. The van der Waals surface area contributed by atoms with E-state index in [1.807, 2.05) is 0 Å². The Morgan fingerprint density at radius 3 is 2.76 bits per heavy atom. The van der Waals surface area contributed by atoms with Gasteiger partial charge in [-0.05, 0) is 56.4 Å². The summed E-state index contributed by atoms with van der Waals surface area (Å²) in [6, 6.07) is 4.70. The standard InChI is InChI=1S/C18H17Cl2NO3S/c1-2-24-18(23)15-11-5-3-4-6-14(11)25-17(15)21-16(22)12-9-10(19)7-8-13(12)20/h7-9H,2-6H2,1H3,(H,21,22). The van der Waals surface area contributed by atoms with Crippen LogP contribution < -0.4 is 5.32 Å². The number of thiophene rings is 1. The van der Waals surface area contributed by atoms with Crippen LogP contribution in [0.25, 0.3) is 0 Å². The van der Waals surface area contributed by atoms with Gasteiger partial charge in [0.25, 0.3) is 5.91 Å². The van der Waals surface area contributed by atoms with Gasteiger partial charge in [0, 0.05) is 9.90 Å². The van der Waals surface area contributed by atoms with Crippen LogP contribution in [-0.4, -0.2) is 18.5 Å². The predicted octanol–water partition coefficient (Wildman–Crippen LogP) is 5.36. The molecule has 1 aliphatic carbocycles. The Hall–Kier alpha value is -1.56. The smallest absolute Gasteiger partial charge is 0.341 e. The summed E-state index contributed by atoms with van der Waals surface area (Å²) in [5.41, 5.74) is 1.76. The van der Waals surface area contributed by atoms with E-state index in [0.717, 1.165) is 36.1 Å². The monoisotopic (exact) mass is 397 g/mol. The quantitative estimate of drug-likeness (QED) is 0.706. The topological polar surface area (TPSA) is 55.4 Å². The van der Waals surface area contributed by atoms with Crippen molar-refractivity contribution in [1.82, 2.24) is 0 Å². The Kier molecular flexibility index (Phi) is 5.67. The Morgan fingerprint density at radius 2 is 2.00 bits per heavy atom. The molecule has 0 saturated carbocycles. The molecule has 132 valence electrons. The van der Waals surface area contributed by atoms with Crippen molar-refractivity contribution in [2.24, 2.45) is 0 Å². The highest BCUT2D eigenvalue weighted by Gasteiger charge is 2.27. The number of hydrogen-bond donors (Lipinski definition) is 1. The van der Waals surface area contributed by atoms with E-state index in [1.54, 1.807) is 19.1 Å². The fraction of sp³-hybridized carbons (Fsp3) is 0.333. The normalized spacial score (nSPS) is 13.2. The molecular weight excluding hydrogens is 381 g/mol. The zero-order chi connectivity index (χ0) is 18.0. The van der Waals surface area contributed by atoms with Gasteiger partial charge >= 0.3 is 5.97 Å². The maximum absolute atomic E-state index is 12.6. The molecule has 0 unspecified atom stereocenters. The fourth-order valence-electron chi connectivity index (χ4n) is 2.92. The Bertz CT molecular complexity index is 832. The zero-order valence-electron chi connectivity index (χ0n) is 13.7. The second-order valence-electron chi connectivity index (χ2n) is 5.71. The number of amides is 1. The highest BCUT2D eigenvalue weighted by Crippen LogP contribution is 2.39. The van der Waals surface area contributed by atoms with Crippen LogP contribution in [0, 0.1) is 0 Å². The minimum absolute atomic E-state index is 0.273. The fourth-order valence-corrected chi connectivity index (χ4v) is 4.56. The van der Waals surface area contributed by atoms with Crippen LogP contribution in [0.2, 0.25) is 10.0 Å².